The number of ether oxygens (including phenoxy) is 3. The molecule has 0 fully saturated rings. The lowest BCUT2D eigenvalue weighted by atomic mass is 10.1. The van der Waals surface area contributed by atoms with Gasteiger partial charge in [-0.25, -0.2) is 0 Å². The third-order valence-electron chi connectivity index (χ3n) is 3.61. The van der Waals surface area contributed by atoms with Gasteiger partial charge in [0.2, 0.25) is 0 Å². The molecule has 0 saturated carbocycles. The summed E-state index contributed by atoms with van der Waals surface area (Å²) in [6.07, 6.45) is 1.78. The van der Waals surface area contributed by atoms with E-state index >= 15 is 0 Å². The van der Waals surface area contributed by atoms with Gasteiger partial charge in [-0.3, -0.25) is 4.79 Å². The van der Waals surface area contributed by atoms with Crippen molar-refractivity contribution in [2.24, 2.45) is 0 Å². The highest BCUT2D eigenvalue weighted by Crippen LogP contribution is 2.18. The third-order valence-corrected chi connectivity index (χ3v) is 3.61. The Morgan fingerprint density at radius 3 is 2.48 bits per heavy atom. The molecule has 0 aromatic heterocycles. The van der Waals surface area contributed by atoms with Gasteiger partial charge in [0.25, 0.3) is 5.91 Å². The van der Waals surface area contributed by atoms with Crippen molar-refractivity contribution >= 4 is 5.91 Å². The van der Waals surface area contributed by atoms with Gasteiger partial charge < -0.3 is 19.5 Å². The van der Waals surface area contributed by atoms with Crippen LogP contribution in [0, 0.1) is 0 Å². The topological polar surface area (TPSA) is 56.8 Å². The zero-order valence-corrected chi connectivity index (χ0v) is 14.8. The van der Waals surface area contributed by atoms with Crippen molar-refractivity contribution < 1.29 is 19.0 Å². The van der Waals surface area contributed by atoms with Crippen LogP contribution < -0.4 is 19.5 Å². The number of methoxy groups -OCH3 is 1. The van der Waals surface area contributed by atoms with Crippen molar-refractivity contribution in [2.45, 2.75) is 19.8 Å². The van der Waals surface area contributed by atoms with E-state index < -0.39 is 0 Å². The minimum atomic E-state index is -0.130. The monoisotopic (exact) mass is 343 g/mol. The molecule has 5 nitrogen and oxygen atoms in total. The predicted molar refractivity (Wildman–Crippen MR) is 97.4 cm³/mol. The van der Waals surface area contributed by atoms with Crippen molar-refractivity contribution in [3.8, 4) is 17.2 Å². The Morgan fingerprint density at radius 2 is 1.76 bits per heavy atom. The van der Waals surface area contributed by atoms with Crippen molar-refractivity contribution in [2.75, 3.05) is 26.9 Å². The largest absolute Gasteiger partial charge is 0.497 e. The zero-order valence-electron chi connectivity index (χ0n) is 14.8. The Kier molecular flexibility index (Phi) is 7.63. The molecule has 1 amide bonds. The molecule has 134 valence electrons. The number of carbonyl (C=O) groups excluding carboxylic acids is 1. The lowest BCUT2D eigenvalue weighted by molar-refractivity contribution is -0.123. The van der Waals surface area contributed by atoms with Crippen LogP contribution >= 0.6 is 0 Å². The standard InChI is InChI=1S/C20H25NO4/c1-3-24-17-11-9-16(10-12-17)6-5-13-21-20(22)15-25-19-8-4-7-18(14-19)23-2/h4,7-12,14H,3,5-6,13,15H2,1-2H3,(H,21,22). The molecule has 0 unspecified atom stereocenters. The Labute approximate surface area is 148 Å². The van der Waals surface area contributed by atoms with Gasteiger partial charge in [0, 0.05) is 12.6 Å². The van der Waals surface area contributed by atoms with E-state index in [0.717, 1.165) is 18.6 Å². The SMILES string of the molecule is CCOc1ccc(CCCNC(=O)COc2cccc(OC)c2)cc1. The minimum absolute atomic E-state index is 0.00375. The van der Waals surface area contributed by atoms with Crippen LogP contribution in [0.15, 0.2) is 48.5 Å². The highest BCUT2D eigenvalue weighted by atomic mass is 16.5. The fraction of sp³-hybridized carbons (Fsp3) is 0.350. The summed E-state index contributed by atoms with van der Waals surface area (Å²) in [5.74, 6) is 2.07. The third kappa shape index (κ3) is 6.75. The van der Waals surface area contributed by atoms with Gasteiger partial charge in [-0.1, -0.05) is 18.2 Å². The summed E-state index contributed by atoms with van der Waals surface area (Å²) in [6, 6.07) is 15.2. The Bertz CT molecular complexity index is 655. The van der Waals surface area contributed by atoms with Crippen LogP contribution in [0.5, 0.6) is 17.2 Å². The van der Waals surface area contributed by atoms with E-state index in [1.54, 1.807) is 19.2 Å². The number of hydrogen-bond donors (Lipinski definition) is 1. The van der Waals surface area contributed by atoms with Crippen molar-refractivity contribution in [1.82, 2.24) is 5.32 Å². The molecular weight excluding hydrogens is 318 g/mol. The highest BCUT2D eigenvalue weighted by Gasteiger charge is 2.03. The van der Waals surface area contributed by atoms with Gasteiger partial charge in [0.15, 0.2) is 6.61 Å². The molecule has 2 rings (SSSR count). The first kappa shape index (κ1) is 18.6. The van der Waals surface area contributed by atoms with Gasteiger partial charge in [-0.05, 0) is 49.6 Å². The Morgan fingerprint density at radius 1 is 1.00 bits per heavy atom. The number of benzene rings is 2. The fourth-order valence-corrected chi connectivity index (χ4v) is 2.33. The lowest BCUT2D eigenvalue weighted by Gasteiger charge is -2.09. The molecule has 0 aliphatic rings. The summed E-state index contributed by atoms with van der Waals surface area (Å²) in [5, 5.41) is 2.86. The summed E-state index contributed by atoms with van der Waals surface area (Å²) >= 11 is 0. The van der Waals surface area contributed by atoms with E-state index in [-0.39, 0.29) is 12.5 Å². The molecule has 2 aromatic carbocycles. The molecule has 2 aromatic rings. The Hall–Kier alpha value is -2.69. The molecule has 0 aliphatic carbocycles. The average molecular weight is 343 g/mol. The summed E-state index contributed by atoms with van der Waals surface area (Å²) in [5.41, 5.74) is 1.23. The number of amides is 1. The highest BCUT2D eigenvalue weighted by molar-refractivity contribution is 5.77. The van der Waals surface area contributed by atoms with Gasteiger partial charge >= 0.3 is 0 Å². The van der Waals surface area contributed by atoms with E-state index in [1.807, 2.05) is 31.2 Å². The molecular formula is C20H25NO4. The second kappa shape index (κ2) is 10.2. The van der Waals surface area contributed by atoms with Gasteiger partial charge in [-0.2, -0.15) is 0 Å². The maximum absolute atomic E-state index is 11.8. The number of nitrogens with one attached hydrogen (secondary N) is 1. The first-order valence-electron chi connectivity index (χ1n) is 8.46. The van der Waals surface area contributed by atoms with Crippen molar-refractivity contribution in [3.05, 3.63) is 54.1 Å². The second-order valence-electron chi connectivity index (χ2n) is 5.50. The van der Waals surface area contributed by atoms with Gasteiger partial charge in [0.05, 0.1) is 13.7 Å². The molecule has 0 bridgehead atoms. The zero-order chi connectivity index (χ0) is 17.9. The molecule has 5 heteroatoms. The summed E-state index contributed by atoms with van der Waals surface area (Å²) < 4.78 is 16.0. The van der Waals surface area contributed by atoms with Crippen LogP contribution in [0.2, 0.25) is 0 Å². The maximum atomic E-state index is 11.8. The quantitative estimate of drug-likeness (QED) is 0.673. The summed E-state index contributed by atoms with van der Waals surface area (Å²) in [4.78, 5) is 11.8. The van der Waals surface area contributed by atoms with E-state index in [9.17, 15) is 4.79 Å². The van der Waals surface area contributed by atoms with Crippen LogP contribution in [0.25, 0.3) is 0 Å². The van der Waals surface area contributed by atoms with Gasteiger partial charge in [0.1, 0.15) is 17.2 Å². The second-order valence-corrected chi connectivity index (χ2v) is 5.50. The van der Waals surface area contributed by atoms with E-state index in [0.29, 0.717) is 24.7 Å². The molecule has 0 atom stereocenters. The Balaban J connectivity index is 1.63. The van der Waals surface area contributed by atoms with Crippen LogP contribution in [0.4, 0.5) is 0 Å². The molecule has 1 N–H and O–H groups in total. The number of aryl methyl sites for hydroxylation is 1. The van der Waals surface area contributed by atoms with Crippen LogP contribution in [0.3, 0.4) is 0 Å². The molecule has 0 aliphatic heterocycles. The van der Waals surface area contributed by atoms with Gasteiger partial charge in [-0.15, -0.1) is 0 Å². The van der Waals surface area contributed by atoms with Crippen molar-refractivity contribution in [3.63, 3.8) is 0 Å². The van der Waals surface area contributed by atoms with Crippen molar-refractivity contribution in [1.29, 1.82) is 0 Å². The predicted octanol–water partition coefficient (Wildman–Crippen LogP) is 3.22. The molecule has 25 heavy (non-hydrogen) atoms. The fourth-order valence-electron chi connectivity index (χ4n) is 2.33. The molecule has 0 heterocycles. The molecule has 0 radical (unpaired) electrons. The van der Waals surface area contributed by atoms with E-state index in [2.05, 4.69) is 17.4 Å². The first-order chi connectivity index (χ1) is 12.2. The minimum Gasteiger partial charge on any atom is -0.497 e. The van der Waals surface area contributed by atoms with Crippen LogP contribution in [-0.2, 0) is 11.2 Å². The normalized spacial score (nSPS) is 10.2. The first-order valence-corrected chi connectivity index (χ1v) is 8.46. The van der Waals surface area contributed by atoms with Crippen LogP contribution in [0.1, 0.15) is 18.9 Å². The summed E-state index contributed by atoms with van der Waals surface area (Å²) in [6.45, 7) is 3.25. The van der Waals surface area contributed by atoms with Crippen LogP contribution in [-0.4, -0.2) is 32.8 Å². The average Bonchev–Trinajstić information content (AvgIpc) is 2.65. The number of rotatable bonds is 10. The van der Waals surface area contributed by atoms with E-state index in [1.165, 1.54) is 5.56 Å². The van der Waals surface area contributed by atoms with E-state index in [4.69, 9.17) is 14.2 Å². The lowest BCUT2D eigenvalue weighted by Crippen LogP contribution is -2.29. The molecule has 0 spiro atoms. The molecule has 0 saturated heterocycles. The summed E-state index contributed by atoms with van der Waals surface area (Å²) in [7, 11) is 1.59. The number of hydrogen-bond acceptors (Lipinski definition) is 4. The smallest absolute Gasteiger partial charge is 0.257 e. The maximum Gasteiger partial charge on any atom is 0.257 e. The number of carbonyl (C=O) groups is 1.